The van der Waals surface area contributed by atoms with Gasteiger partial charge in [0.1, 0.15) is 0 Å². The van der Waals surface area contributed by atoms with Crippen molar-refractivity contribution in [2.45, 2.75) is 0 Å². The number of hydrogen-bond acceptors (Lipinski definition) is 4. The maximum atomic E-state index is 4.73. The number of benzene rings is 3. The van der Waals surface area contributed by atoms with Gasteiger partial charge in [-0.05, 0) is 29.3 Å². The summed E-state index contributed by atoms with van der Waals surface area (Å²) in [7, 11) is 0. The highest BCUT2D eigenvalue weighted by Crippen LogP contribution is 2.32. The van der Waals surface area contributed by atoms with Gasteiger partial charge in [0.05, 0.1) is 16.4 Å². The normalized spacial score (nSPS) is 11.1. The molecule has 4 heteroatoms. The molecule has 26 heavy (non-hydrogen) atoms. The zero-order valence-electron chi connectivity index (χ0n) is 13.9. The van der Waals surface area contributed by atoms with E-state index < -0.39 is 0 Å². The molecule has 2 heterocycles. The van der Waals surface area contributed by atoms with Crippen LogP contribution in [0.4, 0.5) is 11.6 Å². The Hall–Kier alpha value is -3.24. The molecular weight excluding hydrogens is 338 g/mol. The van der Waals surface area contributed by atoms with Gasteiger partial charge >= 0.3 is 0 Å². The Morgan fingerprint density at radius 2 is 1.42 bits per heavy atom. The van der Waals surface area contributed by atoms with E-state index in [2.05, 4.69) is 77.0 Å². The third-order valence-electron chi connectivity index (χ3n) is 4.37. The number of thiophene rings is 1. The van der Waals surface area contributed by atoms with Crippen molar-refractivity contribution >= 4 is 43.3 Å². The van der Waals surface area contributed by atoms with Crippen LogP contribution in [0.3, 0.4) is 0 Å². The minimum absolute atomic E-state index is 0.619. The number of nitrogens with one attached hydrogen (secondary N) is 1. The van der Waals surface area contributed by atoms with Crippen molar-refractivity contribution in [3.8, 4) is 11.1 Å². The minimum atomic E-state index is 0.619. The highest BCUT2D eigenvalue weighted by molar-refractivity contribution is 7.25. The summed E-state index contributed by atoms with van der Waals surface area (Å²) in [6.07, 6.45) is 1.90. The van der Waals surface area contributed by atoms with E-state index in [0.717, 1.165) is 15.9 Å². The lowest BCUT2D eigenvalue weighted by Gasteiger charge is -2.06. The summed E-state index contributed by atoms with van der Waals surface area (Å²) >= 11 is 1.72. The molecule has 0 saturated carbocycles. The lowest BCUT2D eigenvalue weighted by Crippen LogP contribution is -1.96. The van der Waals surface area contributed by atoms with E-state index in [9.17, 15) is 0 Å². The van der Waals surface area contributed by atoms with Crippen LogP contribution in [-0.4, -0.2) is 9.97 Å². The maximum Gasteiger partial charge on any atom is 0.227 e. The number of rotatable bonds is 3. The second-order valence-corrected chi connectivity index (χ2v) is 7.16. The van der Waals surface area contributed by atoms with Crippen LogP contribution in [0.15, 0.2) is 85.1 Å². The summed E-state index contributed by atoms with van der Waals surface area (Å²) in [5, 5.41) is 4.49. The Bertz CT molecular complexity index is 1190. The fourth-order valence-corrected chi connectivity index (χ4v) is 4.09. The third-order valence-corrected chi connectivity index (χ3v) is 5.46. The van der Waals surface area contributed by atoms with Gasteiger partial charge in [-0.15, -0.1) is 11.3 Å². The molecule has 0 radical (unpaired) electrons. The SMILES string of the molecule is c1ccc(-c2ccc(Nc3ncc4sc5ccccc5c4n3)cc2)cc1. The zero-order chi connectivity index (χ0) is 17.3. The van der Waals surface area contributed by atoms with Crippen molar-refractivity contribution < 1.29 is 0 Å². The van der Waals surface area contributed by atoms with Crippen molar-refractivity contribution in [2.24, 2.45) is 0 Å². The molecule has 3 nitrogen and oxygen atoms in total. The molecule has 5 rings (SSSR count). The molecule has 3 aromatic carbocycles. The standard InChI is InChI=1S/C22H15N3S/c1-2-6-15(7-3-1)16-10-12-17(13-11-16)24-22-23-14-20-21(25-22)18-8-4-5-9-19(18)26-20/h1-14H,(H,23,24,25). The molecule has 0 bridgehead atoms. The van der Waals surface area contributed by atoms with Crippen LogP contribution < -0.4 is 5.32 Å². The van der Waals surface area contributed by atoms with Crippen LogP contribution in [0.2, 0.25) is 0 Å². The van der Waals surface area contributed by atoms with Gasteiger partial charge in [0.2, 0.25) is 5.95 Å². The van der Waals surface area contributed by atoms with Crippen LogP contribution in [-0.2, 0) is 0 Å². The highest BCUT2D eigenvalue weighted by atomic mass is 32.1. The minimum Gasteiger partial charge on any atom is -0.324 e. The Kier molecular flexibility index (Phi) is 3.61. The first-order valence-corrected chi connectivity index (χ1v) is 9.25. The quantitative estimate of drug-likeness (QED) is 0.416. The van der Waals surface area contributed by atoms with E-state index >= 15 is 0 Å². The van der Waals surface area contributed by atoms with E-state index in [0.29, 0.717) is 5.95 Å². The monoisotopic (exact) mass is 353 g/mol. The fraction of sp³-hybridized carbons (Fsp3) is 0. The van der Waals surface area contributed by atoms with Gasteiger partial charge in [0.15, 0.2) is 0 Å². The largest absolute Gasteiger partial charge is 0.324 e. The van der Waals surface area contributed by atoms with Crippen LogP contribution in [0, 0.1) is 0 Å². The van der Waals surface area contributed by atoms with Crippen LogP contribution in [0.25, 0.3) is 31.4 Å². The highest BCUT2D eigenvalue weighted by Gasteiger charge is 2.08. The summed E-state index contributed by atoms with van der Waals surface area (Å²) < 4.78 is 2.34. The maximum absolute atomic E-state index is 4.73. The molecule has 0 aliphatic heterocycles. The summed E-state index contributed by atoms with van der Waals surface area (Å²) in [4.78, 5) is 9.19. The first kappa shape index (κ1) is 15.0. The second kappa shape index (κ2) is 6.24. The summed E-state index contributed by atoms with van der Waals surface area (Å²) in [6.45, 7) is 0. The lowest BCUT2D eigenvalue weighted by molar-refractivity contribution is 1.22. The Balaban J connectivity index is 1.46. The molecule has 0 spiro atoms. The van der Waals surface area contributed by atoms with E-state index in [1.54, 1.807) is 11.3 Å². The number of hydrogen-bond donors (Lipinski definition) is 1. The van der Waals surface area contributed by atoms with E-state index in [1.807, 2.05) is 18.3 Å². The van der Waals surface area contributed by atoms with Gasteiger partial charge in [0, 0.05) is 15.8 Å². The number of anilines is 2. The zero-order valence-corrected chi connectivity index (χ0v) is 14.7. The van der Waals surface area contributed by atoms with Crippen LogP contribution in [0.1, 0.15) is 0 Å². The summed E-state index contributed by atoms with van der Waals surface area (Å²) in [5.41, 5.74) is 4.38. The molecule has 0 unspecified atom stereocenters. The number of fused-ring (bicyclic) bond motifs is 3. The first-order chi connectivity index (χ1) is 12.9. The van der Waals surface area contributed by atoms with Crippen molar-refractivity contribution in [1.82, 2.24) is 9.97 Å². The van der Waals surface area contributed by atoms with E-state index in [-0.39, 0.29) is 0 Å². The van der Waals surface area contributed by atoms with Crippen molar-refractivity contribution in [3.63, 3.8) is 0 Å². The molecule has 0 saturated heterocycles. The van der Waals surface area contributed by atoms with Gasteiger partial charge < -0.3 is 5.32 Å². The number of nitrogens with zero attached hydrogens (tertiary/aromatic N) is 2. The number of aromatic nitrogens is 2. The van der Waals surface area contributed by atoms with Gasteiger partial charge in [-0.2, -0.15) is 0 Å². The van der Waals surface area contributed by atoms with Gasteiger partial charge in [-0.1, -0.05) is 60.7 Å². The van der Waals surface area contributed by atoms with Gasteiger partial charge in [-0.25, -0.2) is 9.97 Å². The van der Waals surface area contributed by atoms with Crippen LogP contribution >= 0.6 is 11.3 Å². The predicted molar refractivity (Wildman–Crippen MR) is 110 cm³/mol. The van der Waals surface area contributed by atoms with Gasteiger partial charge in [0.25, 0.3) is 0 Å². The summed E-state index contributed by atoms with van der Waals surface area (Å²) in [6, 6.07) is 27.0. The molecule has 124 valence electrons. The molecule has 5 aromatic rings. The molecule has 0 aliphatic rings. The van der Waals surface area contributed by atoms with Crippen molar-refractivity contribution in [3.05, 3.63) is 85.1 Å². The lowest BCUT2D eigenvalue weighted by atomic mass is 10.1. The average Bonchev–Trinajstić information content (AvgIpc) is 3.07. The van der Waals surface area contributed by atoms with E-state index in [1.165, 1.54) is 21.2 Å². The van der Waals surface area contributed by atoms with Crippen LogP contribution in [0.5, 0.6) is 0 Å². The average molecular weight is 353 g/mol. The topological polar surface area (TPSA) is 37.8 Å². The predicted octanol–water partition coefficient (Wildman–Crippen LogP) is 6.26. The third kappa shape index (κ3) is 2.70. The summed E-state index contributed by atoms with van der Waals surface area (Å²) in [5.74, 6) is 0.619. The van der Waals surface area contributed by atoms with E-state index in [4.69, 9.17) is 4.98 Å². The second-order valence-electron chi connectivity index (χ2n) is 6.07. The van der Waals surface area contributed by atoms with Crippen molar-refractivity contribution in [2.75, 3.05) is 5.32 Å². The molecule has 1 N–H and O–H groups in total. The molecule has 0 fully saturated rings. The molecule has 0 aliphatic carbocycles. The smallest absolute Gasteiger partial charge is 0.227 e. The van der Waals surface area contributed by atoms with Crippen molar-refractivity contribution in [1.29, 1.82) is 0 Å². The molecule has 0 amide bonds. The first-order valence-electron chi connectivity index (χ1n) is 8.44. The Morgan fingerprint density at radius 1 is 0.692 bits per heavy atom. The van der Waals surface area contributed by atoms with Gasteiger partial charge in [-0.3, -0.25) is 0 Å². The fourth-order valence-electron chi connectivity index (χ4n) is 3.07. The molecule has 2 aromatic heterocycles. The Morgan fingerprint density at radius 3 is 2.27 bits per heavy atom. The Labute approximate surface area is 155 Å². The molecule has 0 atom stereocenters. The molecular formula is C22H15N3S.